The van der Waals surface area contributed by atoms with Crippen LogP contribution in [0.2, 0.25) is 0 Å². The Labute approximate surface area is 83.8 Å². The summed E-state index contributed by atoms with van der Waals surface area (Å²) < 4.78 is 0. The minimum atomic E-state index is 0.0119. The van der Waals surface area contributed by atoms with Crippen LogP contribution in [0.5, 0.6) is 0 Å². The van der Waals surface area contributed by atoms with Gasteiger partial charge in [0.1, 0.15) is 6.33 Å². The van der Waals surface area contributed by atoms with Crippen molar-refractivity contribution in [3.05, 3.63) is 18.2 Å². The van der Waals surface area contributed by atoms with Crippen molar-refractivity contribution in [1.82, 2.24) is 9.97 Å². The monoisotopic (exact) mass is 193 g/mol. The number of anilines is 1. The van der Waals surface area contributed by atoms with Gasteiger partial charge in [0.15, 0.2) is 0 Å². The van der Waals surface area contributed by atoms with E-state index in [9.17, 15) is 4.79 Å². The quantitative estimate of drug-likeness (QED) is 0.796. The van der Waals surface area contributed by atoms with E-state index < -0.39 is 0 Å². The second-order valence-electron chi connectivity index (χ2n) is 3.67. The van der Waals surface area contributed by atoms with Gasteiger partial charge in [-0.25, -0.2) is 9.97 Å². The first kappa shape index (κ1) is 10.6. The highest BCUT2D eigenvalue weighted by atomic mass is 16.1. The van der Waals surface area contributed by atoms with Gasteiger partial charge < -0.3 is 5.32 Å². The molecule has 0 saturated heterocycles. The third kappa shape index (κ3) is 3.12. The van der Waals surface area contributed by atoms with E-state index in [1.165, 1.54) is 6.33 Å². The zero-order valence-corrected chi connectivity index (χ0v) is 8.74. The summed E-state index contributed by atoms with van der Waals surface area (Å²) in [6.45, 7) is 5.86. The number of aromatic nitrogens is 2. The van der Waals surface area contributed by atoms with Crippen molar-refractivity contribution in [1.29, 1.82) is 0 Å². The molecule has 4 nitrogen and oxygen atoms in total. The average Bonchev–Trinajstić information content (AvgIpc) is 2.07. The summed E-state index contributed by atoms with van der Waals surface area (Å²) in [5.41, 5.74) is 1.48. The van der Waals surface area contributed by atoms with Crippen LogP contribution in [0.3, 0.4) is 0 Å². The van der Waals surface area contributed by atoms with E-state index in [2.05, 4.69) is 15.3 Å². The lowest BCUT2D eigenvalue weighted by atomic mass is 10.1. The van der Waals surface area contributed by atoms with Crippen molar-refractivity contribution in [3.8, 4) is 0 Å². The topological polar surface area (TPSA) is 54.9 Å². The van der Waals surface area contributed by atoms with Crippen molar-refractivity contribution in [2.24, 2.45) is 5.92 Å². The van der Waals surface area contributed by atoms with Crippen LogP contribution in [0.15, 0.2) is 12.5 Å². The molecule has 0 aliphatic carbocycles. The third-order valence-corrected chi connectivity index (χ3v) is 1.78. The summed E-state index contributed by atoms with van der Waals surface area (Å²) in [5, 5.41) is 2.78. The second-order valence-corrected chi connectivity index (χ2v) is 3.67. The summed E-state index contributed by atoms with van der Waals surface area (Å²) in [7, 11) is 0. The Morgan fingerprint density at radius 1 is 1.57 bits per heavy atom. The number of hydrogen-bond donors (Lipinski definition) is 1. The highest BCUT2D eigenvalue weighted by molar-refractivity contribution is 5.91. The van der Waals surface area contributed by atoms with E-state index >= 15 is 0 Å². The first-order chi connectivity index (χ1) is 6.59. The van der Waals surface area contributed by atoms with Gasteiger partial charge in [-0.3, -0.25) is 4.79 Å². The maximum absolute atomic E-state index is 11.4. The molecule has 0 radical (unpaired) electrons. The SMILES string of the molecule is Cc1ncncc1NC(=O)CC(C)C. The van der Waals surface area contributed by atoms with Gasteiger partial charge in [0.05, 0.1) is 17.6 Å². The molecule has 14 heavy (non-hydrogen) atoms. The van der Waals surface area contributed by atoms with Crippen LogP contribution < -0.4 is 5.32 Å². The Balaban J connectivity index is 2.61. The zero-order valence-electron chi connectivity index (χ0n) is 8.74. The number of aryl methyl sites for hydroxylation is 1. The molecule has 0 aromatic carbocycles. The number of rotatable bonds is 3. The molecule has 1 aromatic heterocycles. The van der Waals surface area contributed by atoms with Crippen LogP contribution in [-0.4, -0.2) is 15.9 Å². The van der Waals surface area contributed by atoms with E-state index in [0.717, 1.165) is 5.69 Å². The van der Waals surface area contributed by atoms with Gasteiger partial charge in [0.2, 0.25) is 5.91 Å². The maximum atomic E-state index is 11.4. The number of nitrogens with one attached hydrogen (secondary N) is 1. The van der Waals surface area contributed by atoms with Crippen LogP contribution in [-0.2, 0) is 4.79 Å². The molecule has 0 aliphatic heterocycles. The highest BCUT2D eigenvalue weighted by Gasteiger charge is 2.06. The fraction of sp³-hybridized carbons (Fsp3) is 0.500. The predicted octanol–water partition coefficient (Wildman–Crippen LogP) is 1.77. The van der Waals surface area contributed by atoms with Gasteiger partial charge >= 0.3 is 0 Å². The fourth-order valence-electron chi connectivity index (χ4n) is 1.09. The summed E-state index contributed by atoms with van der Waals surface area (Å²) in [6.07, 6.45) is 3.60. The molecule has 1 rings (SSSR count). The highest BCUT2D eigenvalue weighted by Crippen LogP contribution is 2.10. The molecule has 1 N–H and O–H groups in total. The van der Waals surface area contributed by atoms with E-state index in [1.807, 2.05) is 20.8 Å². The molecular weight excluding hydrogens is 178 g/mol. The van der Waals surface area contributed by atoms with Gasteiger partial charge in [-0.1, -0.05) is 13.8 Å². The van der Waals surface area contributed by atoms with Crippen LogP contribution in [0.25, 0.3) is 0 Å². The lowest BCUT2D eigenvalue weighted by Gasteiger charge is -2.07. The van der Waals surface area contributed by atoms with E-state index in [-0.39, 0.29) is 5.91 Å². The Kier molecular flexibility index (Phi) is 3.56. The van der Waals surface area contributed by atoms with Crippen molar-refractivity contribution in [3.63, 3.8) is 0 Å². The summed E-state index contributed by atoms with van der Waals surface area (Å²) in [4.78, 5) is 19.2. The summed E-state index contributed by atoms with van der Waals surface area (Å²) >= 11 is 0. The number of amides is 1. The lowest BCUT2D eigenvalue weighted by molar-refractivity contribution is -0.116. The fourth-order valence-corrected chi connectivity index (χ4v) is 1.09. The van der Waals surface area contributed by atoms with Gasteiger partial charge in [-0.15, -0.1) is 0 Å². The van der Waals surface area contributed by atoms with E-state index in [1.54, 1.807) is 6.20 Å². The van der Waals surface area contributed by atoms with Crippen LogP contribution in [0.1, 0.15) is 26.0 Å². The van der Waals surface area contributed by atoms with Crippen LogP contribution in [0.4, 0.5) is 5.69 Å². The summed E-state index contributed by atoms with van der Waals surface area (Å²) in [6, 6.07) is 0. The van der Waals surface area contributed by atoms with Gasteiger partial charge in [0, 0.05) is 6.42 Å². The van der Waals surface area contributed by atoms with Crippen molar-refractivity contribution < 1.29 is 4.79 Å². The molecule has 0 bridgehead atoms. The van der Waals surface area contributed by atoms with Crippen molar-refractivity contribution >= 4 is 11.6 Å². The molecule has 0 atom stereocenters. The Hall–Kier alpha value is -1.45. The molecule has 0 unspecified atom stereocenters. The molecule has 76 valence electrons. The van der Waals surface area contributed by atoms with Gasteiger partial charge in [-0.2, -0.15) is 0 Å². The molecule has 1 heterocycles. The number of hydrogen-bond acceptors (Lipinski definition) is 3. The molecule has 4 heteroatoms. The predicted molar refractivity (Wildman–Crippen MR) is 54.9 cm³/mol. The number of nitrogens with zero attached hydrogens (tertiary/aromatic N) is 2. The standard InChI is InChI=1S/C10H15N3O/c1-7(2)4-10(14)13-9-5-11-6-12-8(9)3/h5-7H,4H2,1-3H3,(H,13,14). The number of carbonyl (C=O) groups is 1. The molecular formula is C10H15N3O. The number of carbonyl (C=O) groups excluding carboxylic acids is 1. The molecule has 0 aliphatic rings. The normalized spacial score (nSPS) is 10.3. The Bertz CT molecular complexity index is 323. The third-order valence-electron chi connectivity index (χ3n) is 1.78. The van der Waals surface area contributed by atoms with Crippen LogP contribution in [0, 0.1) is 12.8 Å². The lowest BCUT2D eigenvalue weighted by Crippen LogP contribution is -2.15. The van der Waals surface area contributed by atoms with Crippen LogP contribution >= 0.6 is 0 Å². The minimum absolute atomic E-state index is 0.0119. The van der Waals surface area contributed by atoms with E-state index in [0.29, 0.717) is 18.0 Å². The van der Waals surface area contributed by atoms with Gasteiger partial charge in [0.25, 0.3) is 0 Å². The smallest absolute Gasteiger partial charge is 0.224 e. The molecule has 0 spiro atoms. The van der Waals surface area contributed by atoms with Gasteiger partial charge in [-0.05, 0) is 12.8 Å². The minimum Gasteiger partial charge on any atom is -0.323 e. The first-order valence-corrected chi connectivity index (χ1v) is 4.66. The zero-order chi connectivity index (χ0) is 10.6. The average molecular weight is 193 g/mol. The van der Waals surface area contributed by atoms with Crippen molar-refractivity contribution in [2.45, 2.75) is 27.2 Å². The molecule has 1 amide bonds. The molecule has 1 aromatic rings. The molecule has 0 fully saturated rings. The Morgan fingerprint density at radius 2 is 2.29 bits per heavy atom. The molecule has 0 saturated carbocycles. The van der Waals surface area contributed by atoms with Crippen molar-refractivity contribution in [2.75, 3.05) is 5.32 Å². The maximum Gasteiger partial charge on any atom is 0.224 e. The first-order valence-electron chi connectivity index (χ1n) is 4.66. The van der Waals surface area contributed by atoms with E-state index in [4.69, 9.17) is 0 Å². The second kappa shape index (κ2) is 4.69. The Morgan fingerprint density at radius 3 is 2.86 bits per heavy atom. The largest absolute Gasteiger partial charge is 0.323 e. The summed E-state index contributed by atoms with van der Waals surface area (Å²) in [5.74, 6) is 0.373.